The number of rotatable bonds is 4. The quantitative estimate of drug-likeness (QED) is 0.905. The Morgan fingerprint density at radius 1 is 1.26 bits per heavy atom. The number of aryl methyl sites for hydroxylation is 1. The summed E-state index contributed by atoms with van der Waals surface area (Å²) in [6.07, 6.45) is 6.22. The molecule has 0 radical (unpaired) electrons. The molecule has 1 aromatic heterocycles. The first-order valence-corrected chi connectivity index (χ1v) is 7.56. The number of pyridine rings is 1. The molecule has 1 aromatic rings. The largest absolute Gasteiger partial charge is 0.357 e. The maximum Gasteiger partial charge on any atom is 0.129 e. The second-order valence-electron chi connectivity index (χ2n) is 5.91. The lowest BCUT2D eigenvalue weighted by atomic mass is 9.87. The summed E-state index contributed by atoms with van der Waals surface area (Å²) in [6, 6.07) is 4.92. The van der Waals surface area contributed by atoms with E-state index in [0.29, 0.717) is 12.6 Å². The van der Waals surface area contributed by atoms with Gasteiger partial charge in [0, 0.05) is 25.3 Å². The molecule has 1 aliphatic rings. The molecular weight excluding hydrogens is 234 g/mol. The van der Waals surface area contributed by atoms with Crippen molar-refractivity contribution in [1.29, 1.82) is 0 Å². The third-order valence-corrected chi connectivity index (χ3v) is 4.42. The third-order valence-electron chi connectivity index (χ3n) is 4.42. The molecule has 0 aromatic carbocycles. The summed E-state index contributed by atoms with van der Waals surface area (Å²) in [6.45, 7) is 5.10. The first-order chi connectivity index (χ1) is 9.13. The molecule has 0 bridgehead atoms. The number of hydrogen-bond donors (Lipinski definition) is 1. The Morgan fingerprint density at radius 2 is 1.95 bits per heavy atom. The molecule has 106 valence electrons. The van der Waals surface area contributed by atoms with Crippen molar-refractivity contribution in [3.63, 3.8) is 0 Å². The fraction of sp³-hybridized carbons (Fsp3) is 0.688. The van der Waals surface area contributed by atoms with Crippen LogP contribution >= 0.6 is 0 Å². The lowest BCUT2D eigenvalue weighted by molar-refractivity contribution is 0.340. The van der Waals surface area contributed by atoms with Crippen molar-refractivity contribution in [3.05, 3.63) is 23.4 Å². The molecule has 0 amide bonds. The van der Waals surface area contributed by atoms with Crippen molar-refractivity contribution >= 4 is 5.82 Å². The molecule has 2 N–H and O–H groups in total. The van der Waals surface area contributed by atoms with Gasteiger partial charge in [-0.3, -0.25) is 0 Å². The summed E-state index contributed by atoms with van der Waals surface area (Å²) in [5.41, 5.74) is 8.13. The summed E-state index contributed by atoms with van der Waals surface area (Å²) < 4.78 is 0. The lowest BCUT2D eigenvalue weighted by Gasteiger charge is -2.34. The molecule has 1 aliphatic carbocycles. The molecule has 2 rings (SSSR count). The Balaban J connectivity index is 2.15. The van der Waals surface area contributed by atoms with Gasteiger partial charge in [0.05, 0.1) is 0 Å². The molecule has 19 heavy (non-hydrogen) atoms. The molecule has 1 fully saturated rings. The van der Waals surface area contributed by atoms with Crippen molar-refractivity contribution in [3.8, 4) is 0 Å². The standard InChI is InChI=1S/C16H27N3/c1-4-14-9-13(11-17)10-16(18-14)19(3)15-7-5-12(2)6-8-15/h9-10,12,15H,4-8,11,17H2,1-3H3. The van der Waals surface area contributed by atoms with E-state index in [1.165, 1.54) is 31.2 Å². The summed E-state index contributed by atoms with van der Waals surface area (Å²) in [5.74, 6) is 1.98. The van der Waals surface area contributed by atoms with Gasteiger partial charge in [0.15, 0.2) is 0 Å². The van der Waals surface area contributed by atoms with Gasteiger partial charge in [-0.05, 0) is 55.7 Å². The van der Waals surface area contributed by atoms with E-state index in [2.05, 4.69) is 37.9 Å². The second kappa shape index (κ2) is 6.38. The molecule has 0 atom stereocenters. The fourth-order valence-electron chi connectivity index (χ4n) is 2.93. The van der Waals surface area contributed by atoms with Crippen LogP contribution in [0, 0.1) is 5.92 Å². The van der Waals surface area contributed by atoms with Crippen molar-refractivity contribution in [2.75, 3.05) is 11.9 Å². The monoisotopic (exact) mass is 261 g/mol. The number of aromatic nitrogens is 1. The minimum Gasteiger partial charge on any atom is -0.357 e. The summed E-state index contributed by atoms with van der Waals surface area (Å²) in [7, 11) is 2.18. The zero-order valence-electron chi connectivity index (χ0n) is 12.5. The van der Waals surface area contributed by atoms with Gasteiger partial charge in [0.2, 0.25) is 0 Å². The number of anilines is 1. The van der Waals surface area contributed by atoms with Gasteiger partial charge in [-0.15, -0.1) is 0 Å². The highest BCUT2D eigenvalue weighted by Gasteiger charge is 2.22. The Kier molecular flexibility index (Phi) is 4.81. The van der Waals surface area contributed by atoms with E-state index in [9.17, 15) is 0 Å². The minimum absolute atomic E-state index is 0.595. The zero-order chi connectivity index (χ0) is 13.8. The van der Waals surface area contributed by atoms with Gasteiger partial charge in [-0.2, -0.15) is 0 Å². The molecule has 1 heterocycles. The van der Waals surface area contributed by atoms with Crippen LogP contribution in [0.4, 0.5) is 5.82 Å². The van der Waals surface area contributed by atoms with Crippen molar-refractivity contribution in [2.45, 2.75) is 58.5 Å². The maximum absolute atomic E-state index is 5.79. The first kappa shape index (κ1) is 14.3. The van der Waals surface area contributed by atoms with Gasteiger partial charge in [0.1, 0.15) is 5.82 Å². The molecule has 3 nitrogen and oxygen atoms in total. The predicted octanol–water partition coefficient (Wildman–Crippen LogP) is 3.12. The summed E-state index contributed by atoms with van der Waals surface area (Å²) in [5, 5.41) is 0. The second-order valence-corrected chi connectivity index (χ2v) is 5.91. The summed E-state index contributed by atoms with van der Waals surface area (Å²) >= 11 is 0. The Labute approximate surface area is 117 Å². The van der Waals surface area contributed by atoms with Crippen LogP contribution in [0.15, 0.2) is 12.1 Å². The molecular formula is C16H27N3. The number of hydrogen-bond acceptors (Lipinski definition) is 3. The van der Waals surface area contributed by atoms with E-state index in [1.807, 2.05) is 0 Å². The van der Waals surface area contributed by atoms with E-state index in [0.717, 1.165) is 23.9 Å². The Bertz CT molecular complexity index is 386. The molecule has 3 heteroatoms. The van der Waals surface area contributed by atoms with Crippen LogP contribution in [0.1, 0.15) is 50.8 Å². The van der Waals surface area contributed by atoms with E-state index < -0.39 is 0 Å². The van der Waals surface area contributed by atoms with Gasteiger partial charge in [-0.1, -0.05) is 13.8 Å². The third kappa shape index (κ3) is 3.47. The van der Waals surface area contributed by atoms with E-state index >= 15 is 0 Å². The van der Waals surface area contributed by atoms with Crippen molar-refractivity contribution < 1.29 is 0 Å². The van der Waals surface area contributed by atoms with Gasteiger partial charge in [0.25, 0.3) is 0 Å². The smallest absolute Gasteiger partial charge is 0.129 e. The molecule has 0 unspecified atom stereocenters. The maximum atomic E-state index is 5.79. The van der Waals surface area contributed by atoms with Crippen LogP contribution in [0.5, 0.6) is 0 Å². The van der Waals surface area contributed by atoms with Crippen molar-refractivity contribution in [1.82, 2.24) is 4.98 Å². The highest BCUT2D eigenvalue weighted by atomic mass is 15.2. The Hall–Kier alpha value is -1.09. The first-order valence-electron chi connectivity index (χ1n) is 7.56. The SMILES string of the molecule is CCc1cc(CN)cc(N(C)C2CCC(C)CC2)n1. The van der Waals surface area contributed by atoms with Crippen LogP contribution in [0.2, 0.25) is 0 Å². The highest BCUT2D eigenvalue weighted by molar-refractivity contribution is 5.43. The average molecular weight is 261 g/mol. The average Bonchev–Trinajstić information content (AvgIpc) is 2.46. The van der Waals surface area contributed by atoms with Crippen LogP contribution < -0.4 is 10.6 Å². The minimum atomic E-state index is 0.595. The van der Waals surface area contributed by atoms with E-state index in [4.69, 9.17) is 10.7 Å². The van der Waals surface area contributed by atoms with Crippen LogP contribution in [0.3, 0.4) is 0 Å². The van der Waals surface area contributed by atoms with Gasteiger partial charge >= 0.3 is 0 Å². The fourth-order valence-corrected chi connectivity index (χ4v) is 2.93. The van der Waals surface area contributed by atoms with Crippen LogP contribution in [0.25, 0.3) is 0 Å². The number of nitrogens with two attached hydrogens (primary N) is 1. The predicted molar refractivity (Wildman–Crippen MR) is 81.3 cm³/mol. The molecule has 1 saturated carbocycles. The van der Waals surface area contributed by atoms with Crippen molar-refractivity contribution in [2.24, 2.45) is 11.7 Å². The topological polar surface area (TPSA) is 42.1 Å². The number of nitrogens with zero attached hydrogens (tertiary/aromatic N) is 2. The Morgan fingerprint density at radius 3 is 2.53 bits per heavy atom. The van der Waals surface area contributed by atoms with E-state index in [1.54, 1.807) is 0 Å². The van der Waals surface area contributed by atoms with Gasteiger partial charge in [-0.25, -0.2) is 4.98 Å². The highest BCUT2D eigenvalue weighted by Crippen LogP contribution is 2.29. The summed E-state index contributed by atoms with van der Waals surface area (Å²) in [4.78, 5) is 7.13. The normalized spacial score (nSPS) is 23.4. The van der Waals surface area contributed by atoms with Crippen LogP contribution in [-0.2, 0) is 13.0 Å². The van der Waals surface area contributed by atoms with Gasteiger partial charge < -0.3 is 10.6 Å². The van der Waals surface area contributed by atoms with Crippen LogP contribution in [-0.4, -0.2) is 18.1 Å². The molecule has 0 saturated heterocycles. The molecule has 0 aliphatic heterocycles. The molecule has 0 spiro atoms. The zero-order valence-corrected chi connectivity index (χ0v) is 12.5. The lowest BCUT2D eigenvalue weighted by Crippen LogP contribution is -2.35. The van der Waals surface area contributed by atoms with E-state index in [-0.39, 0.29) is 0 Å².